The van der Waals surface area contributed by atoms with Crippen LogP contribution in [0.4, 0.5) is 6.01 Å². The predicted molar refractivity (Wildman–Crippen MR) is 61.2 cm³/mol. The van der Waals surface area contributed by atoms with Crippen LogP contribution < -0.4 is 10.6 Å². The first kappa shape index (κ1) is 11.0. The highest BCUT2D eigenvalue weighted by atomic mass is 32.1. The van der Waals surface area contributed by atoms with Gasteiger partial charge in [0.25, 0.3) is 0 Å². The molecule has 2 aromatic heterocycles. The van der Waals surface area contributed by atoms with Gasteiger partial charge < -0.3 is 15.1 Å². The van der Waals surface area contributed by atoms with Gasteiger partial charge in [0.15, 0.2) is 0 Å². The van der Waals surface area contributed by atoms with Crippen LogP contribution in [0.3, 0.4) is 0 Å². The average Bonchev–Trinajstić information content (AvgIpc) is 2.96. The Kier molecular flexibility index (Phi) is 3.47. The molecule has 1 unspecified atom stereocenters. The van der Waals surface area contributed by atoms with Gasteiger partial charge in [-0.2, -0.15) is 0 Å². The summed E-state index contributed by atoms with van der Waals surface area (Å²) in [7, 11) is 1.85. The Labute approximate surface area is 97.1 Å². The Hall–Kier alpha value is -1.47. The molecule has 0 bridgehead atoms. The standard InChI is InChI=1S/C9H13N5OS/c1-6(10-2)8-13-14-9(15-8)12-4-7-3-11-5-16-7/h3,5-6,10H,4H2,1-2H3,(H,12,14). The molecule has 0 aliphatic heterocycles. The Balaban J connectivity index is 1.93. The average molecular weight is 239 g/mol. The van der Waals surface area contributed by atoms with Gasteiger partial charge in [0.1, 0.15) is 0 Å². The molecular formula is C9H13N5OS. The molecule has 86 valence electrons. The number of aromatic nitrogens is 3. The van der Waals surface area contributed by atoms with Crippen LogP contribution in [-0.4, -0.2) is 22.2 Å². The van der Waals surface area contributed by atoms with Crippen LogP contribution in [0, 0.1) is 0 Å². The Morgan fingerprint density at radius 3 is 3.06 bits per heavy atom. The normalized spacial score (nSPS) is 12.6. The first-order valence-electron chi connectivity index (χ1n) is 4.91. The molecule has 0 saturated heterocycles. The lowest BCUT2D eigenvalue weighted by Gasteiger charge is -2.02. The zero-order valence-corrected chi connectivity index (χ0v) is 9.91. The third-order valence-corrected chi connectivity index (χ3v) is 2.92. The molecule has 6 nitrogen and oxygen atoms in total. The fraction of sp³-hybridized carbons (Fsp3) is 0.444. The van der Waals surface area contributed by atoms with Crippen molar-refractivity contribution in [2.75, 3.05) is 12.4 Å². The van der Waals surface area contributed by atoms with Crippen LogP contribution in [0.1, 0.15) is 23.7 Å². The maximum absolute atomic E-state index is 5.42. The van der Waals surface area contributed by atoms with Crippen LogP contribution in [-0.2, 0) is 6.54 Å². The molecular weight excluding hydrogens is 226 g/mol. The number of nitrogens with one attached hydrogen (secondary N) is 2. The first-order valence-corrected chi connectivity index (χ1v) is 5.79. The van der Waals surface area contributed by atoms with E-state index in [0.29, 0.717) is 18.5 Å². The predicted octanol–water partition coefficient (Wildman–Crippen LogP) is 1.42. The van der Waals surface area contributed by atoms with Crippen LogP contribution in [0.25, 0.3) is 0 Å². The van der Waals surface area contributed by atoms with Crippen molar-refractivity contribution in [2.45, 2.75) is 19.5 Å². The van der Waals surface area contributed by atoms with Gasteiger partial charge in [-0.15, -0.1) is 16.4 Å². The smallest absolute Gasteiger partial charge is 0.315 e. The molecule has 0 fully saturated rings. The van der Waals surface area contributed by atoms with Crippen molar-refractivity contribution in [3.8, 4) is 0 Å². The minimum Gasteiger partial charge on any atom is -0.406 e. The van der Waals surface area contributed by atoms with Gasteiger partial charge in [-0.25, -0.2) is 0 Å². The first-order chi connectivity index (χ1) is 7.79. The van der Waals surface area contributed by atoms with E-state index in [1.807, 2.05) is 20.2 Å². The Morgan fingerprint density at radius 1 is 1.50 bits per heavy atom. The van der Waals surface area contributed by atoms with Crippen molar-refractivity contribution in [1.82, 2.24) is 20.5 Å². The second-order valence-corrected chi connectivity index (χ2v) is 4.25. The summed E-state index contributed by atoms with van der Waals surface area (Å²) in [5.74, 6) is 0.578. The van der Waals surface area contributed by atoms with E-state index in [1.165, 1.54) is 0 Å². The van der Waals surface area contributed by atoms with Gasteiger partial charge in [0.2, 0.25) is 5.89 Å². The zero-order chi connectivity index (χ0) is 11.4. The molecule has 0 aliphatic rings. The molecule has 0 aliphatic carbocycles. The van der Waals surface area contributed by atoms with E-state index in [9.17, 15) is 0 Å². The monoisotopic (exact) mass is 239 g/mol. The summed E-state index contributed by atoms with van der Waals surface area (Å²) in [6.07, 6.45) is 1.81. The molecule has 2 aromatic rings. The minimum absolute atomic E-state index is 0.0615. The summed E-state index contributed by atoms with van der Waals surface area (Å²) in [5, 5.41) is 13.9. The second kappa shape index (κ2) is 5.04. The molecule has 0 radical (unpaired) electrons. The second-order valence-electron chi connectivity index (χ2n) is 3.28. The topological polar surface area (TPSA) is 75.9 Å². The Bertz CT molecular complexity index is 427. The molecule has 0 aromatic carbocycles. The maximum Gasteiger partial charge on any atom is 0.315 e. The largest absolute Gasteiger partial charge is 0.406 e. The summed E-state index contributed by atoms with van der Waals surface area (Å²) < 4.78 is 5.42. The summed E-state index contributed by atoms with van der Waals surface area (Å²) in [6, 6.07) is 0.497. The third kappa shape index (κ3) is 2.56. The highest BCUT2D eigenvalue weighted by molar-refractivity contribution is 7.09. The number of thiazole rings is 1. The van der Waals surface area contributed by atoms with E-state index in [-0.39, 0.29) is 6.04 Å². The van der Waals surface area contributed by atoms with Crippen molar-refractivity contribution in [1.29, 1.82) is 0 Å². The lowest BCUT2D eigenvalue weighted by atomic mass is 10.3. The molecule has 2 rings (SSSR count). The molecule has 0 spiro atoms. The number of anilines is 1. The van der Waals surface area contributed by atoms with Crippen molar-refractivity contribution in [3.05, 3.63) is 22.5 Å². The molecule has 0 saturated carbocycles. The molecule has 7 heteroatoms. The zero-order valence-electron chi connectivity index (χ0n) is 9.10. The van der Waals surface area contributed by atoms with E-state index in [0.717, 1.165) is 4.88 Å². The number of hydrogen-bond donors (Lipinski definition) is 2. The SMILES string of the molecule is CNC(C)c1nnc(NCc2cncs2)o1. The lowest BCUT2D eigenvalue weighted by molar-refractivity contribution is 0.441. The van der Waals surface area contributed by atoms with E-state index >= 15 is 0 Å². The fourth-order valence-electron chi connectivity index (χ4n) is 1.10. The van der Waals surface area contributed by atoms with Gasteiger partial charge in [-0.1, -0.05) is 5.10 Å². The van der Waals surface area contributed by atoms with Gasteiger partial charge in [0, 0.05) is 11.1 Å². The fourth-order valence-corrected chi connectivity index (χ4v) is 1.63. The summed E-state index contributed by atoms with van der Waals surface area (Å²) in [4.78, 5) is 5.11. The minimum atomic E-state index is 0.0615. The Morgan fingerprint density at radius 2 is 2.38 bits per heavy atom. The summed E-state index contributed by atoms with van der Waals surface area (Å²) in [5.41, 5.74) is 1.79. The number of nitrogens with zero attached hydrogens (tertiary/aromatic N) is 3. The lowest BCUT2D eigenvalue weighted by Crippen LogP contribution is -2.12. The number of rotatable bonds is 5. The molecule has 16 heavy (non-hydrogen) atoms. The van der Waals surface area contributed by atoms with Gasteiger partial charge >= 0.3 is 6.01 Å². The molecule has 2 heterocycles. The highest BCUT2D eigenvalue weighted by Gasteiger charge is 2.11. The van der Waals surface area contributed by atoms with E-state index < -0.39 is 0 Å². The van der Waals surface area contributed by atoms with Crippen molar-refractivity contribution >= 4 is 17.4 Å². The van der Waals surface area contributed by atoms with E-state index in [2.05, 4.69) is 25.8 Å². The summed E-state index contributed by atoms with van der Waals surface area (Å²) >= 11 is 1.58. The highest BCUT2D eigenvalue weighted by Crippen LogP contribution is 2.14. The molecule has 1 atom stereocenters. The van der Waals surface area contributed by atoms with Crippen molar-refractivity contribution in [2.24, 2.45) is 0 Å². The van der Waals surface area contributed by atoms with Gasteiger partial charge in [0.05, 0.1) is 18.1 Å². The van der Waals surface area contributed by atoms with Crippen molar-refractivity contribution in [3.63, 3.8) is 0 Å². The molecule has 0 amide bonds. The number of hydrogen-bond acceptors (Lipinski definition) is 7. The van der Waals surface area contributed by atoms with Gasteiger partial charge in [-0.05, 0) is 14.0 Å². The van der Waals surface area contributed by atoms with Crippen LogP contribution >= 0.6 is 11.3 Å². The van der Waals surface area contributed by atoms with Crippen LogP contribution in [0.2, 0.25) is 0 Å². The molecule has 2 N–H and O–H groups in total. The third-order valence-electron chi connectivity index (χ3n) is 2.14. The van der Waals surface area contributed by atoms with E-state index in [1.54, 1.807) is 16.8 Å². The maximum atomic E-state index is 5.42. The van der Waals surface area contributed by atoms with Crippen LogP contribution in [0.15, 0.2) is 16.1 Å². The van der Waals surface area contributed by atoms with Gasteiger partial charge in [-0.3, -0.25) is 4.98 Å². The summed E-state index contributed by atoms with van der Waals surface area (Å²) in [6.45, 7) is 2.61. The van der Waals surface area contributed by atoms with E-state index in [4.69, 9.17) is 4.42 Å². The van der Waals surface area contributed by atoms with Crippen molar-refractivity contribution < 1.29 is 4.42 Å². The van der Waals surface area contributed by atoms with Crippen LogP contribution in [0.5, 0.6) is 0 Å². The quantitative estimate of drug-likeness (QED) is 0.821.